The van der Waals surface area contributed by atoms with Gasteiger partial charge in [-0.05, 0) is 13.8 Å². The third-order valence-corrected chi connectivity index (χ3v) is 2.99. The van der Waals surface area contributed by atoms with Gasteiger partial charge in [0.05, 0.1) is 24.7 Å². The zero-order valence-electron chi connectivity index (χ0n) is 10.7. The number of hydrogen-bond acceptors (Lipinski definition) is 5. The minimum Gasteiger partial charge on any atom is -0.477 e. The Hall–Kier alpha value is -1.69. The van der Waals surface area contributed by atoms with E-state index in [1.807, 2.05) is 0 Å². The molecule has 0 bridgehead atoms. The predicted molar refractivity (Wildman–Crippen MR) is 64.8 cm³/mol. The Morgan fingerprint density at radius 2 is 2.22 bits per heavy atom. The average Bonchev–Trinajstić information content (AvgIpc) is 2.27. The molecule has 0 N–H and O–H groups in total. The van der Waals surface area contributed by atoms with Crippen LogP contribution in [0.1, 0.15) is 18.2 Å². The first-order valence-electron chi connectivity index (χ1n) is 5.74. The topological polar surface area (TPSA) is 74.5 Å². The van der Waals surface area contributed by atoms with Crippen LogP contribution in [0.2, 0.25) is 0 Å². The zero-order chi connectivity index (χ0) is 13.3. The van der Waals surface area contributed by atoms with Crippen LogP contribution in [-0.4, -0.2) is 29.7 Å². The van der Waals surface area contributed by atoms with E-state index in [0.29, 0.717) is 37.0 Å². The molecule has 0 amide bonds. The molecule has 1 fully saturated rings. The van der Waals surface area contributed by atoms with Crippen molar-refractivity contribution in [2.75, 3.05) is 19.8 Å². The summed E-state index contributed by atoms with van der Waals surface area (Å²) in [5, 5.41) is 10.8. The lowest BCUT2D eigenvalue weighted by Crippen LogP contribution is -2.44. The lowest BCUT2D eigenvalue weighted by Gasteiger charge is -2.37. The van der Waals surface area contributed by atoms with Crippen LogP contribution in [0.15, 0.2) is 6.07 Å². The van der Waals surface area contributed by atoms with E-state index < -0.39 is 4.92 Å². The van der Waals surface area contributed by atoms with Gasteiger partial charge in [-0.25, -0.2) is 4.98 Å². The molecule has 1 aliphatic rings. The number of hydrogen-bond donors (Lipinski definition) is 0. The molecule has 6 nitrogen and oxygen atoms in total. The molecule has 0 atom stereocenters. The van der Waals surface area contributed by atoms with E-state index in [2.05, 4.69) is 11.9 Å². The van der Waals surface area contributed by atoms with E-state index in [-0.39, 0.29) is 11.1 Å². The molecule has 0 saturated carbocycles. The van der Waals surface area contributed by atoms with Gasteiger partial charge in [-0.15, -0.1) is 0 Å². The van der Waals surface area contributed by atoms with Crippen LogP contribution in [0.25, 0.3) is 0 Å². The Kier molecular flexibility index (Phi) is 3.21. The Balaban J connectivity index is 2.13. The maximum Gasteiger partial charge on any atom is 0.290 e. The molecule has 1 saturated heterocycles. The van der Waals surface area contributed by atoms with Gasteiger partial charge in [0, 0.05) is 17.0 Å². The highest BCUT2D eigenvalue weighted by atomic mass is 16.6. The number of aromatic nitrogens is 1. The molecular formula is C12H16N2O4. The fourth-order valence-electron chi connectivity index (χ4n) is 1.78. The van der Waals surface area contributed by atoms with Crippen molar-refractivity contribution >= 4 is 5.69 Å². The van der Waals surface area contributed by atoms with Gasteiger partial charge in [-0.1, -0.05) is 6.92 Å². The van der Waals surface area contributed by atoms with E-state index in [0.717, 1.165) is 0 Å². The van der Waals surface area contributed by atoms with Gasteiger partial charge in [0.1, 0.15) is 5.69 Å². The van der Waals surface area contributed by atoms with E-state index in [9.17, 15) is 10.1 Å². The fourth-order valence-corrected chi connectivity index (χ4v) is 1.78. The second kappa shape index (κ2) is 4.53. The number of nitro groups is 1. The third kappa shape index (κ3) is 2.43. The first-order valence-corrected chi connectivity index (χ1v) is 5.74. The molecule has 98 valence electrons. The molecule has 1 aromatic heterocycles. The van der Waals surface area contributed by atoms with Gasteiger partial charge in [-0.3, -0.25) is 10.1 Å². The zero-order valence-corrected chi connectivity index (χ0v) is 10.7. The molecule has 1 aliphatic heterocycles. The number of aryl methyl sites for hydroxylation is 2. The molecule has 0 aromatic carbocycles. The van der Waals surface area contributed by atoms with Crippen LogP contribution in [0.5, 0.6) is 5.88 Å². The third-order valence-electron chi connectivity index (χ3n) is 2.99. The number of nitrogens with zero attached hydrogens (tertiary/aromatic N) is 2. The van der Waals surface area contributed by atoms with Crippen LogP contribution < -0.4 is 4.74 Å². The largest absolute Gasteiger partial charge is 0.477 e. The highest BCUT2D eigenvalue weighted by molar-refractivity contribution is 5.42. The molecule has 6 heteroatoms. The smallest absolute Gasteiger partial charge is 0.290 e. The molecule has 1 aromatic rings. The van der Waals surface area contributed by atoms with Crippen molar-refractivity contribution in [3.8, 4) is 5.88 Å². The fraction of sp³-hybridized carbons (Fsp3) is 0.583. The summed E-state index contributed by atoms with van der Waals surface area (Å²) >= 11 is 0. The van der Waals surface area contributed by atoms with Gasteiger partial charge in [-0.2, -0.15) is 0 Å². The molecule has 0 unspecified atom stereocenters. The maximum atomic E-state index is 10.8. The van der Waals surface area contributed by atoms with E-state index >= 15 is 0 Å². The van der Waals surface area contributed by atoms with E-state index in [4.69, 9.17) is 9.47 Å². The second-order valence-corrected chi connectivity index (χ2v) is 5.06. The molecule has 2 rings (SSSR count). The van der Waals surface area contributed by atoms with Crippen LogP contribution in [0.3, 0.4) is 0 Å². The van der Waals surface area contributed by atoms with Crippen molar-refractivity contribution in [1.82, 2.24) is 4.98 Å². The Morgan fingerprint density at radius 1 is 1.56 bits per heavy atom. The summed E-state index contributed by atoms with van der Waals surface area (Å²) in [6.45, 7) is 7.31. The van der Waals surface area contributed by atoms with Crippen molar-refractivity contribution in [3.05, 3.63) is 27.4 Å². The van der Waals surface area contributed by atoms with Gasteiger partial charge >= 0.3 is 0 Å². The van der Waals surface area contributed by atoms with E-state index in [1.165, 1.54) is 6.07 Å². The summed E-state index contributed by atoms with van der Waals surface area (Å²) < 4.78 is 10.8. The van der Waals surface area contributed by atoms with Crippen molar-refractivity contribution in [1.29, 1.82) is 0 Å². The molecule has 0 radical (unpaired) electrons. The average molecular weight is 252 g/mol. The molecular weight excluding hydrogens is 236 g/mol. The Bertz CT molecular complexity index is 483. The molecule has 2 heterocycles. The first kappa shape index (κ1) is 12.8. The summed E-state index contributed by atoms with van der Waals surface area (Å²) in [5.74, 6) is 0.464. The second-order valence-electron chi connectivity index (χ2n) is 5.06. The quantitative estimate of drug-likeness (QED) is 0.605. The summed E-state index contributed by atoms with van der Waals surface area (Å²) in [4.78, 5) is 14.5. The molecule has 18 heavy (non-hydrogen) atoms. The maximum absolute atomic E-state index is 10.8. The summed E-state index contributed by atoms with van der Waals surface area (Å²) in [7, 11) is 0. The van der Waals surface area contributed by atoms with Gasteiger partial charge in [0.25, 0.3) is 5.69 Å². The van der Waals surface area contributed by atoms with Crippen molar-refractivity contribution in [3.63, 3.8) is 0 Å². The standard InChI is InChI=1S/C12H16N2O4/c1-8-4-10(14(15)16)9(2)13-11(8)18-7-12(3)5-17-6-12/h4H,5-7H2,1-3H3. The highest BCUT2D eigenvalue weighted by Gasteiger charge is 2.34. The van der Waals surface area contributed by atoms with Crippen LogP contribution in [-0.2, 0) is 4.74 Å². The van der Waals surface area contributed by atoms with Crippen LogP contribution >= 0.6 is 0 Å². The number of rotatable bonds is 4. The van der Waals surface area contributed by atoms with Gasteiger partial charge < -0.3 is 9.47 Å². The summed E-state index contributed by atoms with van der Waals surface area (Å²) in [6.07, 6.45) is 0. The lowest BCUT2D eigenvalue weighted by atomic mass is 9.90. The van der Waals surface area contributed by atoms with E-state index in [1.54, 1.807) is 13.8 Å². The van der Waals surface area contributed by atoms with Gasteiger partial charge in [0.2, 0.25) is 5.88 Å². The Labute approximate surface area is 105 Å². The monoisotopic (exact) mass is 252 g/mol. The first-order chi connectivity index (χ1) is 8.41. The SMILES string of the molecule is Cc1cc([N+](=O)[O-])c(C)nc1OCC1(C)COC1. The molecule has 0 aliphatic carbocycles. The van der Waals surface area contributed by atoms with Crippen LogP contribution in [0.4, 0.5) is 5.69 Å². The van der Waals surface area contributed by atoms with Crippen molar-refractivity contribution in [2.45, 2.75) is 20.8 Å². The lowest BCUT2D eigenvalue weighted by molar-refractivity contribution is -0.385. The minimum atomic E-state index is -0.430. The normalized spacial score (nSPS) is 17.1. The van der Waals surface area contributed by atoms with Gasteiger partial charge in [0.15, 0.2) is 0 Å². The minimum absolute atomic E-state index is 0.0260. The highest BCUT2D eigenvalue weighted by Crippen LogP contribution is 2.29. The van der Waals surface area contributed by atoms with Crippen molar-refractivity contribution in [2.24, 2.45) is 5.41 Å². The number of ether oxygens (including phenoxy) is 2. The Morgan fingerprint density at radius 3 is 2.72 bits per heavy atom. The summed E-state index contributed by atoms with van der Waals surface area (Å²) in [6, 6.07) is 1.50. The summed E-state index contributed by atoms with van der Waals surface area (Å²) in [5.41, 5.74) is 1.11. The number of pyridine rings is 1. The predicted octanol–water partition coefficient (Wildman–Crippen LogP) is 2.02. The molecule has 0 spiro atoms. The van der Waals surface area contributed by atoms with Crippen molar-refractivity contribution < 1.29 is 14.4 Å². The van der Waals surface area contributed by atoms with Crippen LogP contribution in [0, 0.1) is 29.4 Å².